The quantitative estimate of drug-likeness (QED) is 0.832. The van der Waals surface area contributed by atoms with Crippen LogP contribution in [0, 0.1) is 5.92 Å². The maximum Gasteiger partial charge on any atom is 0.256 e. The first kappa shape index (κ1) is 16.3. The molecule has 1 aliphatic carbocycles. The summed E-state index contributed by atoms with van der Waals surface area (Å²) in [5, 5.41) is 2.95. The Morgan fingerprint density at radius 1 is 1.12 bits per heavy atom. The summed E-state index contributed by atoms with van der Waals surface area (Å²) in [6.45, 7) is 0.768. The highest BCUT2D eigenvalue weighted by Crippen LogP contribution is 2.37. The van der Waals surface area contributed by atoms with Gasteiger partial charge in [0.15, 0.2) is 0 Å². The molecule has 1 fully saturated rings. The van der Waals surface area contributed by atoms with E-state index in [0.717, 1.165) is 48.1 Å². The van der Waals surface area contributed by atoms with Gasteiger partial charge >= 0.3 is 0 Å². The molecule has 1 saturated carbocycles. The van der Waals surface area contributed by atoms with E-state index in [4.69, 9.17) is 0 Å². The highest BCUT2D eigenvalue weighted by Gasteiger charge is 2.35. The maximum atomic E-state index is 12.6. The number of carbonyl (C=O) groups is 2. The van der Waals surface area contributed by atoms with Gasteiger partial charge in [-0.15, -0.1) is 0 Å². The molecule has 0 saturated heterocycles. The average Bonchev–Trinajstić information content (AvgIpc) is 3.46. The van der Waals surface area contributed by atoms with Crippen LogP contribution in [0.2, 0.25) is 0 Å². The minimum atomic E-state index is -0.164. The van der Waals surface area contributed by atoms with Crippen molar-refractivity contribution < 1.29 is 9.59 Å². The van der Waals surface area contributed by atoms with Gasteiger partial charge in [-0.2, -0.15) is 0 Å². The summed E-state index contributed by atoms with van der Waals surface area (Å²) >= 11 is 3.41. The van der Waals surface area contributed by atoms with Gasteiger partial charge in [-0.3, -0.25) is 9.59 Å². The molecule has 0 aromatic heterocycles. The minimum absolute atomic E-state index is 0.164. The fourth-order valence-corrected chi connectivity index (χ4v) is 3.74. The lowest BCUT2D eigenvalue weighted by atomic mass is 10.0. The molecule has 25 heavy (non-hydrogen) atoms. The Hall–Kier alpha value is -2.14. The first-order valence-corrected chi connectivity index (χ1v) is 9.43. The number of rotatable bonds is 3. The van der Waals surface area contributed by atoms with E-state index in [9.17, 15) is 9.59 Å². The molecular formula is C20H19BrN2O2. The van der Waals surface area contributed by atoms with Gasteiger partial charge in [0, 0.05) is 28.3 Å². The molecule has 2 amide bonds. The SMILES string of the molecule is O=C(Nc1ccc2c(c1)N(C(=O)C1CC1)CCC2)c1ccccc1Br. The Balaban J connectivity index is 1.59. The summed E-state index contributed by atoms with van der Waals surface area (Å²) in [6.07, 6.45) is 3.97. The molecule has 0 bridgehead atoms. The van der Waals surface area contributed by atoms with Crippen LogP contribution in [0.1, 0.15) is 35.2 Å². The van der Waals surface area contributed by atoms with Gasteiger partial charge in [0.05, 0.1) is 5.56 Å². The third kappa shape index (κ3) is 3.33. The van der Waals surface area contributed by atoms with Crippen LogP contribution in [0.25, 0.3) is 0 Å². The lowest BCUT2D eigenvalue weighted by molar-refractivity contribution is -0.119. The Kier molecular flexibility index (Phi) is 4.34. The van der Waals surface area contributed by atoms with Crippen LogP contribution in [0.4, 0.5) is 11.4 Å². The van der Waals surface area contributed by atoms with E-state index in [1.54, 1.807) is 6.07 Å². The zero-order valence-electron chi connectivity index (χ0n) is 13.8. The van der Waals surface area contributed by atoms with Crippen molar-refractivity contribution in [2.24, 2.45) is 5.92 Å². The van der Waals surface area contributed by atoms with Crippen LogP contribution < -0.4 is 10.2 Å². The molecule has 2 aromatic carbocycles. The molecule has 0 atom stereocenters. The lowest BCUT2D eigenvalue weighted by Gasteiger charge is -2.30. The second-order valence-electron chi connectivity index (χ2n) is 6.65. The Labute approximate surface area is 155 Å². The van der Waals surface area contributed by atoms with Gasteiger partial charge < -0.3 is 10.2 Å². The maximum absolute atomic E-state index is 12.6. The van der Waals surface area contributed by atoms with Crippen molar-refractivity contribution in [1.82, 2.24) is 0 Å². The van der Waals surface area contributed by atoms with E-state index < -0.39 is 0 Å². The normalized spacial score (nSPS) is 16.3. The number of amides is 2. The van der Waals surface area contributed by atoms with Gasteiger partial charge in [0.2, 0.25) is 5.91 Å². The Bertz CT molecular complexity index is 845. The number of aryl methyl sites for hydroxylation is 1. The van der Waals surface area contributed by atoms with Gasteiger partial charge in [-0.25, -0.2) is 0 Å². The first-order chi connectivity index (χ1) is 12.1. The van der Waals surface area contributed by atoms with Gasteiger partial charge in [0.1, 0.15) is 0 Å². The zero-order valence-corrected chi connectivity index (χ0v) is 15.4. The summed E-state index contributed by atoms with van der Waals surface area (Å²) in [6, 6.07) is 13.2. The van der Waals surface area contributed by atoms with E-state index in [0.29, 0.717) is 5.56 Å². The number of carbonyl (C=O) groups excluding carboxylic acids is 2. The Morgan fingerprint density at radius 2 is 1.92 bits per heavy atom. The zero-order chi connectivity index (χ0) is 17.4. The van der Waals surface area contributed by atoms with Crippen molar-refractivity contribution in [2.45, 2.75) is 25.7 Å². The molecule has 2 aliphatic rings. The van der Waals surface area contributed by atoms with E-state index >= 15 is 0 Å². The molecule has 1 heterocycles. The molecule has 0 unspecified atom stereocenters. The monoisotopic (exact) mass is 398 g/mol. The minimum Gasteiger partial charge on any atom is -0.322 e. The standard InChI is InChI=1S/C20H19BrN2O2/c21-17-6-2-1-5-16(17)19(24)22-15-10-9-13-4-3-11-23(18(13)12-15)20(25)14-7-8-14/h1-2,5-6,9-10,12,14H,3-4,7-8,11H2,(H,22,24). The highest BCUT2D eigenvalue weighted by molar-refractivity contribution is 9.10. The number of nitrogens with one attached hydrogen (secondary N) is 1. The number of halogens is 1. The number of hydrogen-bond acceptors (Lipinski definition) is 2. The van der Waals surface area contributed by atoms with E-state index in [1.165, 1.54) is 5.56 Å². The molecule has 4 nitrogen and oxygen atoms in total. The summed E-state index contributed by atoms with van der Waals surface area (Å²) in [4.78, 5) is 27.0. The smallest absolute Gasteiger partial charge is 0.256 e. The number of anilines is 2. The van der Waals surface area contributed by atoms with Crippen molar-refractivity contribution in [1.29, 1.82) is 0 Å². The van der Waals surface area contributed by atoms with Crippen LogP contribution in [0.3, 0.4) is 0 Å². The number of hydrogen-bond donors (Lipinski definition) is 1. The summed E-state index contributed by atoms with van der Waals surface area (Å²) in [5.41, 5.74) is 3.44. The van der Waals surface area contributed by atoms with Crippen molar-refractivity contribution in [3.63, 3.8) is 0 Å². The highest BCUT2D eigenvalue weighted by atomic mass is 79.9. The second-order valence-corrected chi connectivity index (χ2v) is 7.50. The van der Waals surface area contributed by atoms with Crippen LogP contribution in [-0.2, 0) is 11.2 Å². The predicted molar refractivity (Wildman–Crippen MR) is 102 cm³/mol. The molecule has 128 valence electrons. The lowest BCUT2D eigenvalue weighted by Crippen LogP contribution is -2.36. The molecular weight excluding hydrogens is 380 g/mol. The van der Waals surface area contributed by atoms with Gasteiger partial charge in [-0.05, 0) is 71.4 Å². The molecule has 0 spiro atoms. The van der Waals surface area contributed by atoms with Gasteiger partial charge in [0.25, 0.3) is 5.91 Å². The average molecular weight is 399 g/mol. The van der Waals surface area contributed by atoms with E-state index in [1.807, 2.05) is 41.3 Å². The van der Waals surface area contributed by atoms with Crippen molar-refractivity contribution >= 4 is 39.1 Å². The molecule has 1 N–H and O–H groups in total. The van der Waals surface area contributed by atoms with Crippen LogP contribution in [0.5, 0.6) is 0 Å². The van der Waals surface area contributed by atoms with Crippen LogP contribution in [0.15, 0.2) is 46.9 Å². The number of fused-ring (bicyclic) bond motifs is 1. The Morgan fingerprint density at radius 3 is 2.68 bits per heavy atom. The van der Waals surface area contributed by atoms with Crippen molar-refractivity contribution in [2.75, 3.05) is 16.8 Å². The van der Waals surface area contributed by atoms with Gasteiger partial charge in [-0.1, -0.05) is 18.2 Å². The molecule has 4 rings (SSSR count). The summed E-state index contributed by atoms with van der Waals surface area (Å²) in [7, 11) is 0. The number of nitrogens with zero attached hydrogens (tertiary/aromatic N) is 1. The fraction of sp³-hybridized carbons (Fsp3) is 0.300. The van der Waals surface area contributed by atoms with Crippen LogP contribution in [-0.4, -0.2) is 18.4 Å². The molecule has 0 radical (unpaired) electrons. The predicted octanol–water partition coefficient (Wildman–Crippen LogP) is 4.39. The van der Waals surface area contributed by atoms with E-state index in [2.05, 4.69) is 21.2 Å². The third-order valence-electron chi connectivity index (χ3n) is 4.77. The van der Waals surface area contributed by atoms with Crippen molar-refractivity contribution in [3.8, 4) is 0 Å². The topological polar surface area (TPSA) is 49.4 Å². The van der Waals surface area contributed by atoms with Crippen LogP contribution >= 0.6 is 15.9 Å². The summed E-state index contributed by atoms with van der Waals surface area (Å²) in [5.74, 6) is 0.267. The molecule has 1 aliphatic heterocycles. The first-order valence-electron chi connectivity index (χ1n) is 8.63. The summed E-state index contributed by atoms with van der Waals surface area (Å²) < 4.78 is 0.760. The third-order valence-corrected chi connectivity index (χ3v) is 5.46. The fourth-order valence-electron chi connectivity index (χ4n) is 3.28. The van der Waals surface area contributed by atoms with E-state index in [-0.39, 0.29) is 17.7 Å². The van der Waals surface area contributed by atoms with Crippen molar-refractivity contribution in [3.05, 3.63) is 58.1 Å². The second kappa shape index (κ2) is 6.64. The largest absolute Gasteiger partial charge is 0.322 e. The molecule has 2 aromatic rings. The molecule has 5 heteroatoms. The number of benzene rings is 2.